The van der Waals surface area contributed by atoms with E-state index < -0.39 is 0 Å². The van der Waals surface area contributed by atoms with Crippen LogP contribution in [0.3, 0.4) is 0 Å². The fourth-order valence-corrected chi connectivity index (χ4v) is 2.55. The van der Waals surface area contributed by atoms with Gasteiger partial charge in [0.2, 0.25) is 0 Å². The van der Waals surface area contributed by atoms with E-state index in [1.165, 1.54) is 11.8 Å². The normalized spacial score (nSPS) is 11.2. The molecule has 0 aromatic heterocycles. The van der Waals surface area contributed by atoms with Gasteiger partial charge in [-0.2, -0.15) is 0 Å². The number of aromatic hydroxyl groups is 1. The molecule has 0 saturated carbocycles. The molecule has 0 amide bonds. The van der Waals surface area contributed by atoms with Crippen LogP contribution in [0.15, 0.2) is 64.4 Å². The molecule has 0 radical (unpaired) electrons. The Kier molecular flexibility index (Phi) is 5.46. The monoisotopic (exact) mass is 300 g/mol. The summed E-state index contributed by atoms with van der Waals surface area (Å²) in [6, 6.07) is 16.3. The van der Waals surface area contributed by atoms with E-state index in [9.17, 15) is 9.90 Å². The van der Waals surface area contributed by atoms with E-state index in [0.29, 0.717) is 11.5 Å². The lowest BCUT2D eigenvalue weighted by Crippen LogP contribution is -2.05. The van der Waals surface area contributed by atoms with Crippen molar-refractivity contribution in [2.24, 2.45) is 0 Å². The molecular weight excluding hydrogens is 284 g/mol. The Hall–Kier alpha value is -2.20. The van der Waals surface area contributed by atoms with Crippen molar-refractivity contribution in [1.82, 2.24) is 0 Å². The summed E-state index contributed by atoms with van der Waals surface area (Å²) in [6.45, 7) is 2.12. The van der Waals surface area contributed by atoms with Gasteiger partial charge in [-0.05, 0) is 42.8 Å². The van der Waals surface area contributed by atoms with Crippen LogP contribution in [0.1, 0.15) is 12.5 Å². The molecule has 0 aliphatic rings. The Labute approximate surface area is 128 Å². The third-order valence-corrected chi connectivity index (χ3v) is 3.65. The van der Waals surface area contributed by atoms with Gasteiger partial charge in [-0.15, -0.1) is 0 Å². The maximum Gasteiger partial charge on any atom is 0.344 e. The minimum Gasteiger partial charge on any atom is -0.508 e. The summed E-state index contributed by atoms with van der Waals surface area (Å²) in [7, 11) is 0. The van der Waals surface area contributed by atoms with Gasteiger partial charge < -0.3 is 9.84 Å². The molecule has 21 heavy (non-hydrogen) atoms. The lowest BCUT2D eigenvalue weighted by molar-refractivity contribution is -0.137. The number of esters is 1. The van der Waals surface area contributed by atoms with Crippen molar-refractivity contribution in [2.45, 2.75) is 11.8 Å². The Balaban J connectivity index is 2.27. The first-order valence-electron chi connectivity index (χ1n) is 6.60. The SMILES string of the molecule is CCOC(=O)/C(=C/c1ccc(O)cc1)Sc1ccccc1. The zero-order valence-corrected chi connectivity index (χ0v) is 12.5. The smallest absolute Gasteiger partial charge is 0.344 e. The summed E-state index contributed by atoms with van der Waals surface area (Å²) < 4.78 is 5.09. The van der Waals surface area contributed by atoms with Crippen LogP contribution in [0.5, 0.6) is 5.75 Å². The number of carbonyl (C=O) groups is 1. The fourth-order valence-electron chi connectivity index (χ4n) is 1.67. The molecule has 0 spiro atoms. The van der Waals surface area contributed by atoms with Crippen molar-refractivity contribution in [1.29, 1.82) is 0 Å². The van der Waals surface area contributed by atoms with E-state index in [1.54, 1.807) is 37.3 Å². The van der Waals surface area contributed by atoms with Gasteiger partial charge in [0, 0.05) is 4.90 Å². The van der Waals surface area contributed by atoms with Gasteiger partial charge in [0.1, 0.15) is 5.75 Å². The van der Waals surface area contributed by atoms with Crippen LogP contribution >= 0.6 is 11.8 Å². The number of carbonyl (C=O) groups excluding carboxylic acids is 1. The summed E-state index contributed by atoms with van der Waals surface area (Å²) in [6.07, 6.45) is 1.76. The molecule has 108 valence electrons. The van der Waals surface area contributed by atoms with Gasteiger partial charge in [-0.1, -0.05) is 42.1 Å². The first-order chi connectivity index (χ1) is 10.2. The topological polar surface area (TPSA) is 46.5 Å². The molecule has 2 rings (SSSR count). The molecule has 0 aliphatic heterocycles. The van der Waals surface area contributed by atoms with Gasteiger partial charge >= 0.3 is 5.97 Å². The highest BCUT2D eigenvalue weighted by Crippen LogP contribution is 2.29. The summed E-state index contributed by atoms with van der Waals surface area (Å²) in [5.41, 5.74) is 0.833. The molecule has 0 saturated heterocycles. The molecule has 0 heterocycles. The van der Waals surface area contributed by atoms with Crippen molar-refractivity contribution in [3.05, 3.63) is 65.1 Å². The Morgan fingerprint density at radius 1 is 1.14 bits per heavy atom. The average Bonchev–Trinajstić information content (AvgIpc) is 2.50. The van der Waals surface area contributed by atoms with Crippen LogP contribution < -0.4 is 0 Å². The van der Waals surface area contributed by atoms with E-state index in [-0.39, 0.29) is 11.7 Å². The number of benzene rings is 2. The Bertz CT molecular complexity index is 618. The number of hydrogen-bond acceptors (Lipinski definition) is 4. The number of hydrogen-bond donors (Lipinski definition) is 1. The molecule has 0 bridgehead atoms. The van der Waals surface area contributed by atoms with Crippen molar-refractivity contribution in [3.8, 4) is 5.75 Å². The van der Waals surface area contributed by atoms with Crippen LogP contribution in [0.2, 0.25) is 0 Å². The molecule has 1 N–H and O–H groups in total. The van der Waals surface area contributed by atoms with Crippen LogP contribution in [0.25, 0.3) is 6.08 Å². The van der Waals surface area contributed by atoms with Crippen molar-refractivity contribution in [3.63, 3.8) is 0 Å². The lowest BCUT2D eigenvalue weighted by atomic mass is 10.2. The maximum absolute atomic E-state index is 12.1. The van der Waals surface area contributed by atoms with E-state index in [4.69, 9.17) is 4.74 Å². The van der Waals surface area contributed by atoms with Crippen molar-refractivity contribution >= 4 is 23.8 Å². The molecule has 0 aliphatic carbocycles. The van der Waals surface area contributed by atoms with Gasteiger partial charge in [0.25, 0.3) is 0 Å². The fraction of sp³-hybridized carbons (Fsp3) is 0.118. The van der Waals surface area contributed by atoms with Crippen molar-refractivity contribution in [2.75, 3.05) is 6.61 Å². The number of ether oxygens (including phenoxy) is 1. The van der Waals surface area contributed by atoms with Crippen LogP contribution in [0, 0.1) is 0 Å². The minimum atomic E-state index is -0.348. The number of thioether (sulfide) groups is 1. The molecule has 0 atom stereocenters. The van der Waals surface area contributed by atoms with Gasteiger partial charge in [0.15, 0.2) is 0 Å². The zero-order valence-electron chi connectivity index (χ0n) is 11.7. The molecule has 0 fully saturated rings. The first kappa shape index (κ1) is 15.2. The standard InChI is InChI=1S/C17H16O3S/c1-2-20-17(19)16(21-15-6-4-3-5-7-15)12-13-8-10-14(18)11-9-13/h3-12,18H,2H2,1H3/b16-12-. The van der Waals surface area contributed by atoms with Crippen LogP contribution in [-0.2, 0) is 9.53 Å². The van der Waals surface area contributed by atoms with E-state index in [2.05, 4.69) is 0 Å². The van der Waals surface area contributed by atoms with Crippen molar-refractivity contribution < 1.29 is 14.6 Å². The summed E-state index contributed by atoms with van der Waals surface area (Å²) in [5, 5.41) is 9.30. The van der Waals surface area contributed by atoms with E-state index >= 15 is 0 Å². The summed E-state index contributed by atoms with van der Waals surface area (Å²) >= 11 is 1.36. The zero-order chi connectivity index (χ0) is 15.1. The van der Waals surface area contributed by atoms with Crippen LogP contribution in [-0.4, -0.2) is 17.7 Å². The molecule has 2 aromatic carbocycles. The highest BCUT2D eigenvalue weighted by molar-refractivity contribution is 8.04. The van der Waals surface area contributed by atoms with E-state index in [1.807, 2.05) is 30.3 Å². The lowest BCUT2D eigenvalue weighted by Gasteiger charge is -2.07. The molecule has 2 aromatic rings. The number of phenolic OH excluding ortho intramolecular Hbond substituents is 1. The predicted octanol–water partition coefficient (Wildman–Crippen LogP) is 4.09. The van der Waals surface area contributed by atoms with Gasteiger partial charge in [0.05, 0.1) is 11.5 Å². The molecular formula is C17H16O3S. The Morgan fingerprint density at radius 3 is 2.43 bits per heavy atom. The van der Waals surface area contributed by atoms with Crippen LogP contribution in [0.4, 0.5) is 0 Å². The second-order valence-electron chi connectivity index (χ2n) is 4.24. The average molecular weight is 300 g/mol. The quantitative estimate of drug-likeness (QED) is 0.513. The highest BCUT2D eigenvalue weighted by Gasteiger charge is 2.12. The molecule has 3 nitrogen and oxygen atoms in total. The third kappa shape index (κ3) is 4.68. The third-order valence-electron chi connectivity index (χ3n) is 2.64. The molecule has 0 unspecified atom stereocenters. The number of rotatable bonds is 5. The minimum absolute atomic E-state index is 0.195. The van der Waals surface area contributed by atoms with Gasteiger partial charge in [-0.25, -0.2) is 4.79 Å². The second kappa shape index (κ2) is 7.55. The maximum atomic E-state index is 12.1. The summed E-state index contributed by atoms with van der Waals surface area (Å²) in [5.74, 6) is -0.153. The Morgan fingerprint density at radius 2 is 1.81 bits per heavy atom. The highest BCUT2D eigenvalue weighted by atomic mass is 32.2. The largest absolute Gasteiger partial charge is 0.508 e. The first-order valence-corrected chi connectivity index (χ1v) is 7.41. The van der Waals surface area contributed by atoms with E-state index in [0.717, 1.165) is 10.5 Å². The predicted molar refractivity (Wildman–Crippen MR) is 85.0 cm³/mol. The summed E-state index contributed by atoms with van der Waals surface area (Å²) in [4.78, 5) is 13.5. The molecule has 4 heteroatoms. The van der Waals surface area contributed by atoms with Gasteiger partial charge in [-0.3, -0.25) is 0 Å². The number of phenols is 1. The second-order valence-corrected chi connectivity index (χ2v) is 5.35.